The van der Waals surface area contributed by atoms with Crippen LogP contribution >= 0.6 is 34.7 Å². The lowest BCUT2D eigenvalue weighted by Gasteiger charge is -2.56. The molecule has 4 bridgehead atoms. The molecule has 1 N–H and O–H groups in total. The Morgan fingerprint density at radius 1 is 1.14 bits per heavy atom. The van der Waals surface area contributed by atoms with Crippen molar-refractivity contribution in [2.24, 2.45) is 23.2 Å². The highest BCUT2D eigenvalue weighted by molar-refractivity contribution is 7.99. The maximum atomic E-state index is 12.6. The molecule has 3 aromatic rings. The minimum absolute atomic E-state index is 0.0831. The van der Waals surface area contributed by atoms with Gasteiger partial charge in [0, 0.05) is 28.9 Å². The van der Waals surface area contributed by atoms with E-state index in [1.807, 2.05) is 29.6 Å². The number of carbonyl (C=O) groups is 1. The van der Waals surface area contributed by atoms with Crippen molar-refractivity contribution >= 4 is 45.7 Å². The summed E-state index contributed by atoms with van der Waals surface area (Å²) in [6, 6.07) is 7.54. The normalized spacial score (nSPS) is 26.9. The summed E-state index contributed by atoms with van der Waals surface area (Å²) in [5.74, 6) is 4.10. The van der Waals surface area contributed by atoms with Gasteiger partial charge in [0.15, 0.2) is 10.3 Å². The van der Waals surface area contributed by atoms with Gasteiger partial charge in [-0.3, -0.25) is 4.79 Å². The number of thioether (sulfide) groups is 1. The van der Waals surface area contributed by atoms with Gasteiger partial charge in [0.25, 0.3) is 0 Å². The van der Waals surface area contributed by atoms with E-state index < -0.39 is 0 Å². The molecule has 0 saturated heterocycles. The minimum Gasteiger partial charge on any atom is -0.306 e. The van der Waals surface area contributed by atoms with E-state index in [1.54, 1.807) is 0 Å². The quantitative estimate of drug-likeness (QED) is 0.335. The third kappa shape index (κ3) is 4.89. The number of anilines is 1. The van der Waals surface area contributed by atoms with Crippen molar-refractivity contribution in [1.82, 2.24) is 19.7 Å². The fraction of sp³-hybridized carbons (Fsp3) is 0.538. The molecule has 0 radical (unpaired) electrons. The van der Waals surface area contributed by atoms with E-state index in [2.05, 4.69) is 32.0 Å². The van der Waals surface area contributed by atoms with Crippen LogP contribution in [0.25, 0.3) is 11.3 Å². The first-order valence-corrected chi connectivity index (χ1v) is 14.8. The highest BCUT2D eigenvalue weighted by Gasteiger charge is 2.51. The molecular weight excluding hydrogens is 498 g/mol. The summed E-state index contributed by atoms with van der Waals surface area (Å²) in [5, 5.41) is 16.1. The summed E-state index contributed by atoms with van der Waals surface area (Å²) >= 11 is 8.85. The number of hydrogen-bond acceptors (Lipinski definition) is 6. The van der Waals surface area contributed by atoms with E-state index in [-0.39, 0.29) is 11.7 Å². The van der Waals surface area contributed by atoms with Gasteiger partial charge in [-0.1, -0.05) is 35.5 Å². The Kier molecular flexibility index (Phi) is 6.39. The number of nitrogens with one attached hydrogen (secondary N) is 1. The minimum atomic E-state index is -0.0831. The van der Waals surface area contributed by atoms with E-state index in [0.717, 1.165) is 53.0 Å². The van der Waals surface area contributed by atoms with Gasteiger partial charge in [-0.05, 0) is 80.8 Å². The van der Waals surface area contributed by atoms with Crippen molar-refractivity contribution in [2.75, 3.05) is 11.1 Å². The number of benzene rings is 1. The van der Waals surface area contributed by atoms with E-state index >= 15 is 0 Å². The smallest absolute Gasteiger partial charge is 0.236 e. The molecule has 4 aliphatic rings. The molecule has 35 heavy (non-hydrogen) atoms. The molecule has 7 rings (SSSR count). The molecule has 1 amide bonds. The van der Waals surface area contributed by atoms with E-state index in [9.17, 15) is 4.79 Å². The molecular formula is C26H30ClN5OS2. The standard InChI is InChI=1S/C26H30ClN5OS2/c1-2-32-22(13-26-10-16-7-17(11-26)9-18(8-16)12-26)30-31-25(32)35-15-23(33)29-24-28-21(14-34-24)19-3-5-20(27)6-4-19/h3-6,14,16-18H,2,7-13,15H2,1H3,(H,28,29,33). The monoisotopic (exact) mass is 527 g/mol. The van der Waals surface area contributed by atoms with Gasteiger partial charge in [0.2, 0.25) is 5.91 Å². The lowest BCUT2D eigenvalue weighted by molar-refractivity contribution is -0.113. The lowest BCUT2D eigenvalue weighted by Crippen LogP contribution is -2.47. The van der Waals surface area contributed by atoms with Crippen molar-refractivity contribution in [1.29, 1.82) is 0 Å². The van der Waals surface area contributed by atoms with Crippen LogP contribution in [-0.4, -0.2) is 31.4 Å². The van der Waals surface area contributed by atoms with Gasteiger partial charge in [-0.15, -0.1) is 21.5 Å². The summed E-state index contributed by atoms with van der Waals surface area (Å²) in [5.41, 5.74) is 2.23. The molecule has 4 saturated carbocycles. The molecule has 0 aliphatic heterocycles. The van der Waals surface area contributed by atoms with Crippen molar-refractivity contribution in [2.45, 2.75) is 63.6 Å². The first-order chi connectivity index (χ1) is 17.0. The fourth-order valence-corrected chi connectivity index (χ4v) is 8.77. The molecule has 1 aromatic carbocycles. The van der Waals surface area contributed by atoms with Crippen molar-refractivity contribution in [3.63, 3.8) is 0 Å². The summed E-state index contributed by atoms with van der Waals surface area (Å²) in [6.45, 7) is 2.97. The van der Waals surface area contributed by atoms with Crippen LogP contribution in [0.5, 0.6) is 0 Å². The molecule has 6 nitrogen and oxygen atoms in total. The summed E-state index contributed by atoms with van der Waals surface area (Å²) < 4.78 is 2.22. The predicted octanol–water partition coefficient (Wildman–Crippen LogP) is 6.56. The SMILES string of the molecule is CCn1c(CC23CC4CC(CC(C4)C2)C3)nnc1SCC(=O)Nc1nc(-c2ccc(Cl)cc2)cs1. The Hall–Kier alpha value is -1.90. The summed E-state index contributed by atoms with van der Waals surface area (Å²) in [4.78, 5) is 17.2. The number of hydrogen-bond donors (Lipinski definition) is 1. The number of nitrogens with zero attached hydrogens (tertiary/aromatic N) is 4. The zero-order valence-electron chi connectivity index (χ0n) is 19.9. The largest absolute Gasteiger partial charge is 0.306 e. The third-order valence-corrected chi connectivity index (χ3v) is 10.0. The number of aromatic nitrogens is 4. The third-order valence-electron chi connectivity index (χ3n) is 8.03. The van der Waals surface area contributed by atoms with Crippen LogP contribution < -0.4 is 5.32 Å². The van der Waals surface area contributed by atoms with Crippen molar-refractivity contribution < 1.29 is 4.79 Å². The Labute approximate surface area is 219 Å². The second-order valence-electron chi connectivity index (χ2n) is 10.6. The van der Waals surface area contributed by atoms with Gasteiger partial charge in [-0.2, -0.15) is 0 Å². The first-order valence-electron chi connectivity index (χ1n) is 12.5. The first kappa shape index (κ1) is 23.5. The second kappa shape index (κ2) is 9.52. The van der Waals surface area contributed by atoms with Crippen LogP contribution in [0.1, 0.15) is 51.3 Å². The zero-order valence-corrected chi connectivity index (χ0v) is 22.3. The van der Waals surface area contributed by atoms with Crippen molar-refractivity contribution in [3.8, 4) is 11.3 Å². The Balaban J connectivity index is 1.07. The zero-order chi connectivity index (χ0) is 24.0. The highest BCUT2D eigenvalue weighted by Crippen LogP contribution is 2.61. The molecule has 2 heterocycles. The predicted molar refractivity (Wildman–Crippen MR) is 142 cm³/mol. The van der Waals surface area contributed by atoms with Crippen molar-refractivity contribution in [3.05, 3.63) is 40.5 Å². The topological polar surface area (TPSA) is 72.7 Å². The Bertz CT molecular complexity index is 1190. The van der Waals surface area contributed by atoms with Gasteiger partial charge in [0.1, 0.15) is 5.82 Å². The molecule has 0 atom stereocenters. The Morgan fingerprint density at radius 3 is 2.49 bits per heavy atom. The van der Waals surface area contributed by atoms with Crippen LogP contribution in [-0.2, 0) is 17.8 Å². The molecule has 2 aromatic heterocycles. The molecule has 0 unspecified atom stereocenters. The molecule has 4 aliphatic carbocycles. The molecule has 0 spiro atoms. The summed E-state index contributed by atoms with van der Waals surface area (Å²) in [6.07, 6.45) is 9.50. The Morgan fingerprint density at radius 2 is 1.83 bits per heavy atom. The maximum Gasteiger partial charge on any atom is 0.236 e. The van der Waals surface area contributed by atoms with E-state index in [1.165, 1.54) is 61.6 Å². The number of rotatable bonds is 8. The van der Waals surface area contributed by atoms with Gasteiger partial charge in [0.05, 0.1) is 11.4 Å². The van der Waals surface area contributed by atoms with Crippen LogP contribution in [0.15, 0.2) is 34.8 Å². The number of thiazole rings is 1. The number of halogens is 1. The molecule has 4 fully saturated rings. The van der Waals surface area contributed by atoms with Gasteiger partial charge >= 0.3 is 0 Å². The average molecular weight is 528 g/mol. The fourth-order valence-electron chi connectivity index (χ4n) is 7.09. The highest BCUT2D eigenvalue weighted by atomic mass is 35.5. The van der Waals surface area contributed by atoms with Crippen LogP contribution in [0.2, 0.25) is 5.02 Å². The van der Waals surface area contributed by atoms with E-state index in [0.29, 0.717) is 15.6 Å². The lowest BCUT2D eigenvalue weighted by atomic mass is 9.49. The number of amides is 1. The van der Waals surface area contributed by atoms with Gasteiger partial charge < -0.3 is 9.88 Å². The van der Waals surface area contributed by atoms with Gasteiger partial charge in [-0.25, -0.2) is 4.98 Å². The molecule has 9 heteroatoms. The maximum absolute atomic E-state index is 12.6. The summed E-state index contributed by atoms with van der Waals surface area (Å²) in [7, 11) is 0. The molecule has 184 valence electrons. The van der Waals surface area contributed by atoms with Crippen LogP contribution in [0.4, 0.5) is 5.13 Å². The van der Waals surface area contributed by atoms with Crippen LogP contribution in [0.3, 0.4) is 0 Å². The van der Waals surface area contributed by atoms with E-state index in [4.69, 9.17) is 11.6 Å². The van der Waals surface area contributed by atoms with Crippen LogP contribution in [0, 0.1) is 23.2 Å². The second-order valence-corrected chi connectivity index (χ2v) is 12.9. The number of carbonyl (C=O) groups excluding carboxylic acids is 1. The average Bonchev–Trinajstić information content (AvgIpc) is 3.43.